The molecule has 0 radical (unpaired) electrons. The minimum Gasteiger partial charge on any atom is -0.468 e. The molecule has 0 atom stereocenters. The van der Waals surface area contributed by atoms with Gasteiger partial charge in [-0.1, -0.05) is 0 Å². The van der Waals surface area contributed by atoms with Crippen LogP contribution in [0.4, 0.5) is 0 Å². The number of aliphatic imine (C=N–C) groups is 1. The number of ether oxygens (including phenoxy) is 1. The van der Waals surface area contributed by atoms with Gasteiger partial charge in [0.1, 0.15) is 6.54 Å². The SMILES string of the molecule is COC(=O)CN1C=NCC1. The molecule has 0 aromatic heterocycles. The summed E-state index contributed by atoms with van der Waals surface area (Å²) >= 11 is 0. The van der Waals surface area contributed by atoms with Crippen molar-refractivity contribution in [1.29, 1.82) is 0 Å². The standard InChI is InChI=1S/C6H10N2O2/c1-10-6(9)4-8-3-2-7-5-8/h5H,2-4H2,1H3. The highest BCUT2D eigenvalue weighted by atomic mass is 16.5. The molecule has 56 valence electrons. The van der Waals surface area contributed by atoms with E-state index in [1.54, 1.807) is 6.34 Å². The quantitative estimate of drug-likeness (QED) is 0.488. The van der Waals surface area contributed by atoms with Crippen LogP contribution < -0.4 is 0 Å². The number of rotatable bonds is 2. The van der Waals surface area contributed by atoms with Gasteiger partial charge >= 0.3 is 5.97 Å². The second-order valence-corrected chi connectivity index (χ2v) is 2.07. The molecule has 1 aliphatic rings. The van der Waals surface area contributed by atoms with Gasteiger partial charge in [-0.25, -0.2) is 0 Å². The summed E-state index contributed by atoms with van der Waals surface area (Å²) in [7, 11) is 1.38. The summed E-state index contributed by atoms with van der Waals surface area (Å²) in [6.07, 6.45) is 1.68. The molecule has 0 bridgehead atoms. The van der Waals surface area contributed by atoms with Gasteiger partial charge in [0.15, 0.2) is 0 Å². The van der Waals surface area contributed by atoms with Gasteiger partial charge in [-0.2, -0.15) is 0 Å². The summed E-state index contributed by atoms with van der Waals surface area (Å²) < 4.78 is 4.47. The maximum atomic E-state index is 10.6. The van der Waals surface area contributed by atoms with Crippen molar-refractivity contribution in [1.82, 2.24) is 4.90 Å². The summed E-state index contributed by atoms with van der Waals surface area (Å²) in [6, 6.07) is 0. The van der Waals surface area contributed by atoms with Crippen molar-refractivity contribution in [3.8, 4) is 0 Å². The first-order chi connectivity index (χ1) is 4.83. The van der Waals surface area contributed by atoms with Gasteiger partial charge in [0.05, 0.1) is 20.0 Å². The highest BCUT2D eigenvalue weighted by Gasteiger charge is 2.09. The van der Waals surface area contributed by atoms with Crippen LogP contribution in [0.15, 0.2) is 4.99 Å². The number of carbonyl (C=O) groups excluding carboxylic acids is 1. The van der Waals surface area contributed by atoms with Crippen LogP contribution in [-0.2, 0) is 9.53 Å². The van der Waals surface area contributed by atoms with E-state index in [9.17, 15) is 4.79 Å². The monoisotopic (exact) mass is 142 g/mol. The third-order valence-electron chi connectivity index (χ3n) is 1.32. The van der Waals surface area contributed by atoms with Gasteiger partial charge in [0.2, 0.25) is 0 Å². The molecule has 0 aromatic rings. The van der Waals surface area contributed by atoms with Crippen molar-refractivity contribution in [2.24, 2.45) is 4.99 Å². The van der Waals surface area contributed by atoms with Crippen molar-refractivity contribution < 1.29 is 9.53 Å². The average Bonchev–Trinajstić information content (AvgIpc) is 2.40. The molecule has 1 heterocycles. The van der Waals surface area contributed by atoms with Crippen molar-refractivity contribution in [3.05, 3.63) is 0 Å². The Kier molecular flexibility index (Phi) is 2.25. The molecule has 0 amide bonds. The molecule has 4 nitrogen and oxygen atoms in total. The highest BCUT2D eigenvalue weighted by Crippen LogP contribution is 1.92. The largest absolute Gasteiger partial charge is 0.468 e. The van der Waals surface area contributed by atoms with Gasteiger partial charge in [0, 0.05) is 6.54 Å². The molecule has 0 spiro atoms. The second kappa shape index (κ2) is 3.20. The zero-order valence-corrected chi connectivity index (χ0v) is 5.91. The lowest BCUT2D eigenvalue weighted by atomic mass is 10.5. The Bertz CT molecular complexity index is 156. The molecule has 10 heavy (non-hydrogen) atoms. The lowest BCUT2D eigenvalue weighted by Crippen LogP contribution is -2.27. The Morgan fingerprint density at radius 2 is 2.70 bits per heavy atom. The van der Waals surface area contributed by atoms with Crippen molar-refractivity contribution in [3.63, 3.8) is 0 Å². The fraction of sp³-hybridized carbons (Fsp3) is 0.667. The topological polar surface area (TPSA) is 41.9 Å². The molecule has 0 unspecified atom stereocenters. The predicted molar refractivity (Wildman–Crippen MR) is 36.9 cm³/mol. The van der Waals surface area contributed by atoms with Crippen molar-refractivity contribution >= 4 is 12.3 Å². The molecule has 0 aliphatic carbocycles. The Morgan fingerprint density at radius 3 is 3.20 bits per heavy atom. The fourth-order valence-corrected chi connectivity index (χ4v) is 0.767. The van der Waals surface area contributed by atoms with Crippen LogP contribution in [0.1, 0.15) is 0 Å². The fourth-order valence-electron chi connectivity index (χ4n) is 0.767. The number of hydrogen-bond acceptors (Lipinski definition) is 4. The third-order valence-corrected chi connectivity index (χ3v) is 1.32. The van der Waals surface area contributed by atoms with Crippen LogP contribution in [-0.4, -0.2) is 44.0 Å². The smallest absolute Gasteiger partial charge is 0.325 e. The second-order valence-electron chi connectivity index (χ2n) is 2.07. The van der Waals surface area contributed by atoms with E-state index in [2.05, 4.69) is 9.73 Å². The van der Waals surface area contributed by atoms with Crippen LogP contribution in [0.3, 0.4) is 0 Å². The first-order valence-electron chi connectivity index (χ1n) is 3.14. The summed E-state index contributed by atoms with van der Waals surface area (Å²) in [6.45, 7) is 1.94. The van der Waals surface area contributed by atoms with Crippen LogP contribution in [0.2, 0.25) is 0 Å². The lowest BCUT2D eigenvalue weighted by molar-refractivity contribution is -0.140. The highest BCUT2D eigenvalue weighted by molar-refractivity contribution is 5.75. The van der Waals surface area contributed by atoms with Crippen molar-refractivity contribution in [2.45, 2.75) is 0 Å². The molecule has 0 aromatic carbocycles. The Hall–Kier alpha value is -1.06. The number of esters is 1. The number of methoxy groups -OCH3 is 1. The lowest BCUT2D eigenvalue weighted by Gasteiger charge is -2.10. The molecule has 1 rings (SSSR count). The zero-order valence-electron chi connectivity index (χ0n) is 5.91. The van der Waals surface area contributed by atoms with Gasteiger partial charge in [-0.3, -0.25) is 9.79 Å². The molecule has 0 saturated carbocycles. The molecule has 0 N–H and O–H groups in total. The average molecular weight is 142 g/mol. The predicted octanol–water partition coefficient (Wildman–Crippen LogP) is -0.497. The molecular weight excluding hydrogens is 132 g/mol. The van der Waals surface area contributed by atoms with Gasteiger partial charge in [-0.05, 0) is 0 Å². The minimum absolute atomic E-state index is 0.214. The van der Waals surface area contributed by atoms with Gasteiger partial charge < -0.3 is 9.64 Å². The summed E-state index contributed by atoms with van der Waals surface area (Å²) in [5.41, 5.74) is 0. The summed E-state index contributed by atoms with van der Waals surface area (Å²) in [5, 5.41) is 0. The van der Waals surface area contributed by atoms with Crippen molar-refractivity contribution in [2.75, 3.05) is 26.7 Å². The molecule has 1 aliphatic heterocycles. The van der Waals surface area contributed by atoms with Crippen LogP contribution >= 0.6 is 0 Å². The van der Waals surface area contributed by atoms with E-state index in [1.165, 1.54) is 7.11 Å². The first kappa shape index (κ1) is 7.05. The van der Waals surface area contributed by atoms with Gasteiger partial charge in [-0.15, -0.1) is 0 Å². The van der Waals surface area contributed by atoms with E-state index in [0.29, 0.717) is 6.54 Å². The zero-order chi connectivity index (χ0) is 7.40. The number of carbonyl (C=O) groups is 1. The number of nitrogens with zero attached hydrogens (tertiary/aromatic N) is 2. The number of hydrogen-bond donors (Lipinski definition) is 0. The van der Waals surface area contributed by atoms with E-state index in [4.69, 9.17) is 0 Å². The Morgan fingerprint density at radius 1 is 1.90 bits per heavy atom. The molecule has 0 fully saturated rings. The summed E-state index contributed by atoms with van der Waals surface area (Å²) in [4.78, 5) is 16.4. The molecule has 4 heteroatoms. The molecular formula is C6H10N2O2. The normalized spacial score (nSPS) is 15.9. The Balaban J connectivity index is 2.24. The third kappa shape index (κ3) is 1.72. The van der Waals surface area contributed by atoms with E-state index in [-0.39, 0.29) is 5.97 Å². The van der Waals surface area contributed by atoms with Crippen LogP contribution in [0.5, 0.6) is 0 Å². The summed E-state index contributed by atoms with van der Waals surface area (Å²) in [5.74, 6) is -0.214. The van der Waals surface area contributed by atoms with Gasteiger partial charge in [0.25, 0.3) is 0 Å². The van der Waals surface area contributed by atoms with E-state index in [1.807, 2.05) is 4.90 Å². The Labute approximate surface area is 59.5 Å². The molecule has 0 saturated heterocycles. The van der Waals surface area contributed by atoms with E-state index < -0.39 is 0 Å². The first-order valence-corrected chi connectivity index (χ1v) is 3.14. The maximum absolute atomic E-state index is 10.6. The van der Waals surface area contributed by atoms with E-state index in [0.717, 1.165) is 13.1 Å². The van der Waals surface area contributed by atoms with E-state index >= 15 is 0 Å². The maximum Gasteiger partial charge on any atom is 0.325 e. The minimum atomic E-state index is -0.214. The van der Waals surface area contributed by atoms with Crippen LogP contribution in [0.25, 0.3) is 0 Å². The van der Waals surface area contributed by atoms with Crippen LogP contribution in [0, 0.1) is 0 Å².